The number of rotatable bonds is 6. The van der Waals surface area contributed by atoms with Gasteiger partial charge in [0, 0.05) is 12.1 Å². The maximum Gasteiger partial charge on any atom is 0.252 e. The van der Waals surface area contributed by atoms with Crippen LogP contribution in [0.2, 0.25) is 0 Å². The first-order valence-electron chi connectivity index (χ1n) is 8.39. The SMILES string of the molecule is O=C(NC(CO)C(=O)NCc1ccccc1)c1ccc2ccccc2c1. The third-order valence-electron chi connectivity index (χ3n) is 4.13. The second-order valence-corrected chi connectivity index (χ2v) is 5.97. The van der Waals surface area contributed by atoms with Crippen molar-refractivity contribution in [2.45, 2.75) is 12.6 Å². The van der Waals surface area contributed by atoms with Gasteiger partial charge in [-0.15, -0.1) is 0 Å². The molecule has 0 aliphatic rings. The highest BCUT2D eigenvalue weighted by molar-refractivity contribution is 6.00. The van der Waals surface area contributed by atoms with Gasteiger partial charge in [-0.25, -0.2) is 0 Å². The molecule has 1 unspecified atom stereocenters. The van der Waals surface area contributed by atoms with Gasteiger partial charge in [0.1, 0.15) is 6.04 Å². The lowest BCUT2D eigenvalue weighted by Crippen LogP contribution is -2.48. The number of amides is 2. The summed E-state index contributed by atoms with van der Waals surface area (Å²) in [7, 11) is 0. The molecule has 2 amide bonds. The third kappa shape index (κ3) is 4.26. The summed E-state index contributed by atoms with van der Waals surface area (Å²) < 4.78 is 0. The lowest BCUT2D eigenvalue weighted by molar-refractivity contribution is -0.124. The van der Waals surface area contributed by atoms with Gasteiger partial charge in [0.05, 0.1) is 6.61 Å². The van der Waals surface area contributed by atoms with Crippen LogP contribution in [-0.2, 0) is 11.3 Å². The van der Waals surface area contributed by atoms with Crippen LogP contribution in [0.15, 0.2) is 72.8 Å². The lowest BCUT2D eigenvalue weighted by Gasteiger charge is -2.16. The zero-order valence-corrected chi connectivity index (χ0v) is 14.2. The minimum absolute atomic E-state index is 0.335. The van der Waals surface area contributed by atoms with E-state index in [9.17, 15) is 14.7 Å². The fourth-order valence-electron chi connectivity index (χ4n) is 2.67. The van der Waals surface area contributed by atoms with Gasteiger partial charge >= 0.3 is 0 Å². The van der Waals surface area contributed by atoms with Gasteiger partial charge in [-0.05, 0) is 28.5 Å². The average molecular weight is 348 g/mol. The number of benzene rings is 3. The smallest absolute Gasteiger partial charge is 0.252 e. The van der Waals surface area contributed by atoms with Crippen molar-refractivity contribution in [2.75, 3.05) is 6.61 Å². The Bertz CT molecular complexity index is 909. The highest BCUT2D eigenvalue weighted by atomic mass is 16.3. The lowest BCUT2D eigenvalue weighted by atomic mass is 10.1. The highest BCUT2D eigenvalue weighted by Crippen LogP contribution is 2.15. The molecule has 26 heavy (non-hydrogen) atoms. The quantitative estimate of drug-likeness (QED) is 0.639. The standard InChI is InChI=1S/C21H20N2O3/c24-14-19(21(26)22-13-15-6-2-1-3-7-15)23-20(25)18-11-10-16-8-4-5-9-17(16)12-18/h1-12,19,24H,13-14H2,(H,22,26)(H,23,25). The second-order valence-electron chi connectivity index (χ2n) is 5.97. The molecule has 1 atom stereocenters. The van der Waals surface area contributed by atoms with E-state index < -0.39 is 24.5 Å². The highest BCUT2D eigenvalue weighted by Gasteiger charge is 2.20. The number of aliphatic hydroxyl groups is 1. The molecule has 0 saturated carbocycles. The summed E-state index contributed by atoms with van der Waals surface area (Å²) in [5, 5.41) is 16.8. The number of carbonyl (C=O) groups is 2. The maximum absolute atomic E-state index is 12.4. The van der Waals surface area contributed by atoms with Crippen molar-refractivity contribution in [3.05, 3.63) is 83.9 Å². The van der Waals surface area contributed by atoms with Crippen molar-refractivity contribution < 1.29 is 14.7 Å². The van der Waals surface area contributed by atoms with Gasteiger partial charge < -0.3 is 15.7 Å². The van der Waals surface area contributed by atoms with Crippen molar-refractivity contribution in [3.8, 4) is 0 Å². The van der Waals surface area contributed by atoms with Crippen LogP contribution >= 0.6 is 0 Å². The Balaban J connectivity index is 1.64. The number of carbonyl (C=O) groups excluding carboxylic acids is 2. The normalized spacial score (nSPS) is 11.7. The third-order valence-corrected chi connectivity index (χ3v) is 4.13. The molecule has 0 radical (unpaired) electrons. The van der Waals surface area contributed by atoms with Crippen molar-refractivity contribution in [1.29, 1.82) is 0 Å². The Morgan fingerprint density at radius 2 is 1.58 bits per heavy atom. The molecular formula is C21H20N2O3. The van der Waals surface area contributed by atoms with Crippen LogP contribution in [0.3, 0.4) is 0 Å². The van der Waals surface area contributed by atoms with E-state index in [1.165, 1.54) is 0 Å². The molecular weight excluding hydrogens is 328 g/mol. The fourth-order valence-corrected chi connectivity index (χ4v) is 2.67. The van der Waals surface area contributed by atoms with Crippen molar-refractivity contribution in [3.63, 3.8) is 0 Å². The summed E-state index contributed by atoms with van der Waals surface area (Å²) in [5.41, 5.74) is 1.39. The van der Waals surface area contributed by atoms with E-state index in [1.54, 1.807) is 12.1 Å². The first-order chi connectivity index (χ1) is 12.7. The minimum atomic E-state index is -1.00. The van der Waals surface area contributed by atoms with Gasteiger partial charge in [0.25, 0.3) is 5.91 Å². The molecule has 0 saturated heterocycles. The zero-order valence-electron chi connectivity index (χ0n) is 14.2. The molecule has 3 N–H and O–H groups in total. The second kappa shape index (κ2) is 8.27. The number of fused-ring (bicyclic) bond motifs is 1. The maximum atomic E-state index is 12.4. The predicted molar refractivity (Wildman–Crippen MR) is 101 cm³/mol. The summed E-state index contributed by atoms with van der Waals surface area (Å²) in [6.45, 7) is -0.137. The van der Waals surface area contributed by atoms with Gasteiger partial charge in [-0.3, -0.25) is 9.59 Å². The van der Waals surface area contributed by atoms with Crippen LogP contribution in [0.1, 0.15) is 15.9 Å². The molecule has 0 bridgehead atoms. The molecule has 0 spiro atoms. The van der Waals surface area contributed by atoms with Crippen molar-refractivity contribution in [2.24, 2.45) is 0 Å². The van der Waals surface area contributed by atoms with Crippen LogP contribution in [0.5, 0.6) is 0 Å². The van der Waals surface area contributed by atoms with Gasteiger partial charge in [0.2, 0.25) is 5.91 Å². The van der Waals surface area contributed by atoms with Crippen LogP contribution in [-0.4, -0.2) is 29.6 Å². The molecule has 3 aromatic carbocycles. The Morgan fingerprint density at radius 1 is 0.885 bits per heavy atom. The summed E-state index contributed by atoms with van der Waals surface area (Å²) in [6.07, 6.45) is 0. The molecule has 5 heteroatoms. The van der Waals surface area contributed by atoms with Crippen LogP contribution in [0.25, 0.3) is 10.8 Å². The van der Waals surface area contributed by atoms with E-state index in [4.69, 9.17) is 0 Å². The number of hydrogen-bond acceptors (Lipinski definition) is 3. The van der Waals surface area contributed by atoms with E-state index in [-0.39, 0.29) is 0 Å². The van der Waals surface area contributed by atoms with Crippen molar-refractivity contribution in [1.82, 2.24) is 10.6 Å². The van der Waals surface area contributed by atoms with E-state index >= 15 is 0 Å². The molecule has 0 aliphatic heterocycles. The van der Waals surface area contributed by atoms with E-state index in [0.29, 0.717) is 12.1 Å². The Hall–Kier alpha value is -3.18. The van der Waals surface area contributed by atoms with E-state index in [2.05, 4.69) is 10.6 Å². The molecule has 132 valence electrons. The number of nitrogens with one attached hydrogen (secondary N) is 2. The molecule has 0 aliphatic carbocycles. The molecule has 0 fully saturated rings. The number of hydrogen-bond donors (Lipinski definition) is 3. The summed E-state index contributed by atoms with van der Waals surface area (Å²) in [6, 6.07) is 21.5. The van der Waals surface area contributed by atoms with E-state index in [1.807, 2.05) is 60.7 Å². The summed E-state index contributed by atoms with van der Waals surface area (Å²) in [4.78, 5) is 24.7. The molecule has 3 rings (SSSR count). The Kier molecular flexibility index (Phi) is 5.61. The van der Waals surface area contributed by atoms with Gasteiger partial charge in [-0.2, -0.15) is 0 Å². The average Bonchev–Trinajstić information content (AvgIpc) is 2.70. The molecule has 0 aromatic heterocycles. The summed E-state index contributed by atoms with van der Waals surface area (Å²) >= 11 is 0. The fraction of sp³-hybridized carbons (Fsp3) is 0.143. The predicted octanol–water partition coefficient (Wildman–Crippen LogP) is 2.25. The first kappa shape index (κ1) is 17.6. The van der Waals surface area contributed by atoms with Crippen LogP contribution in [0, 0.1) is 0 Å². The Morgan fingerprint density at radius 3 is 2.31 bits per heavy atom. The van der Waals surface area contributed by atoms with Crippen LogP contribution < -0.4 is 10.6 Å². The molecule has 0 heterocycles. The van der Waals surface area contributed by atoms with Crippen molar-refractivity contribution >= 4 is 22.6 Å². The number of aliphatic hydroxyl groups excluding tert-OH is 1. The van der Waals surface area contributed by atoms with Crippen LogP contribution in [0.4, 0.5) is 0 Å². The van der Waals surface area contributed by atoms with Gasteiger partial charge in [0.15, 0.2) is 0 Å². The van der Waals surface area contributed by atoms with Gasteiger partial charge in [-0.1, -0.05) is 60.7 Å². The zero-order chi connectivity index (χ0) is 18.4. The minimum Gasteiger partial charge on any atom is -0.394 e. The largest absolute Gasteiger partial charge is 0.394 e. The summed E-state index contributed by atoms with van der Waals surface area (Å²) in [5.74, 6) is -0.824. The Labute approximate surface area is 151 Å². The molecule has 5 nitrogen and oxygen atoms in total. The molecule has 3 aromatic rings. The first-order valence-corrected chi connectivity index (χ1v) is 8.39. The topological polar surface area (TPSA) is 78.4 Å². The van der Waals surface area contributed by atoms with E-state index in [0.717, 1.165) is 16.3 Å². The monoisotopic (exact) mass is 348 g/mol.